The van der Waals surface area contributed by atoms with Crippen molar-refractivity contribution in [1.29, 1.82) is 0 Å². The van der Waals surface area contributed by atoms with Gasteiger partial charge >= 0.3 is 12.2 Å². The van der Waals surface area contributed by atoms with E-state index in [0.717, 1.165) is 12.1 Å². The van der Waals surface area contributed by atoms with Crippen LogP contribution in [-0.4, -0.2) is 59.5 Å². The maximum atomic E-state index is 13.6. The molecule has 228 valence electrons. The van der Waals surface area contributed by atoms with Gasteiger partial charge in [-0.05, 0) is 62.5 Å². The Hall–Kier alpha value is -5.24. The number of morpholine rings is 1. The number of alkyl halides is 3. The van der Waals surface area contributed by atoms with Crippen molar-refractivity contribution in [1.82, 2.24) is 14.5 Å². The third-order valence-electron chi connectivity index (χ3n) is 6.95. The van der Waals surface area contributed by atoms with Crippen molar-refractivity contribution in [3.63, 3.8) is 0 Å². The number of allylic oxidation sites excluding steroid dienone is 1. The second-order valence-electron chi connectivity index (χ2n) is 10.0. The molecule has 1 aliphatic rings. The average Bonchev–Trinajstić information content (AvgIpc) is 3.46. The molecule has 3 N–H and O–H groups in total. The third-order valence-corrected chi connectivity index (χ3v) is 6.95. The van der Waals surface area contributed by atoms with E-state index >= 15 is 0 Å². The molecule has 0 atom stereocenters. The van der Waals surface area contributed by atoms with E-state index in [1.165, 1.54) is 29.2 Å². The van der Waals surface area contributed by atoms with E-state index in [2.05, 4.69) is 42.5 Å². The molecule has 11 nitrogen and oxygen atoms in total. The van der Waals surface area contributed by atoms with Crippen LogP contribution in [-0.2, 0) is 10.9 Å². The van der Waals surface area contributed by atoms with E-state index < -0.39 is 23.7 Å². The van der Waals surface area contributed by atoms with Crippen LogP contribution in [0.5, 0.6) is 0 Å². The number of benzene rings is 2. The van der Waals surface area contributed by atoms with Gasteiger partial charge in [-0.15, -0.1) is 0 Å². The molecule has 5 rings (SSSR count). The summed E-state index contributed by atoms with van der Waals surface area (Å²) in [4.78, 5) is 40.9. The first kappa shape index (κ1) is 30.2. The highest BCUT2D eigenvalue weighted by Crippen LogP contribution is 2.33. The van der Waals surface area contributed by atoms with Crippen LogP contribution >= 0.6 is 0 Å². The van der Waals surface area contributed by atoms with E-state index in [1.54, 1.807) is 38.2 Å². The van der Waals surface area contributed by atoms with Crippen LogP contribution in [0.1, 0.15) is 28.4 Å². The molecule has 0 spiro atoms. The van der Waals surface area contributed by atoms with Gasteiger partial charge in [-0.2, -0.15) is 13.2 Å². The van der Waals surface area contributed by atoms with Gasteiger partial charge in [0.1, 0.15) is 12.1 Å². The molecule has 1 fully saturated rings. The number of fused-ring (bicyclic) bond motifs is 1. The molecular formula is C30H29F3N8O3. The molecule has 0 unspecified atom stereocenters. The Morgan fingerprint density at radius 3 is 2.55 bits per heavy atom. The number of hydrogen-bond donors (Lipinski definition) is 3. The molecule has 0 saturated carbocycles. The minimum absolute atomic E-state index is 0.0457. The lowest BCUT2D eigenvalue weighted by Crippen LogP contribution is -2.36. The van der Waals surface area contributed by atoms with E-state index in [9.17, 15) is 22.8 Å². The minimum atomic E-state index is -4.68. The van der Waals surface area contributed by atoms with E-state index in [4.69, 9.17) is 4.74 Å². The van der Waals surface area contributed by atoms with Crippen LogP contribution in [0.3, 0.4) is 0 Å². The first-order valence-electron chi connectivity index (χ1n) is 13.5. The lowest BCUT2D eigenvalue weighted by Gasteiger charge is -2.28. The standard InChI is InChI=1S/C30H29F3N8O3/c1-18-4-5-22(38-28(42)20-12-21(30(31,32)33)14-23(13-20)35-16-19(2)34-3)15-25(18)39-29(43)41-7-6-24-26(36-17-37-27(24)41)40-8-10-44-11-9-40/h4-7,12-17,35H,3,8-11H2,1-2H3,(H,38,42)(H,39,43)/b19-16-. The summed E-state index contributed by atoms with van der Waals surface area (Å²) in [5, 5.41) is 8.87. The maximum absolute atomic E-state index is 13.6. The quantitative estimate of drug-likeness (QED) is 0.224. The maximum Gasteiger partial charge on any atom is 0.416 e. The lowest BCUT2D eigenvalue weighted by molar-refractivity contribution is -0.137. The summed E-state index contributed by atoms with van der Waals surface area (Å²) in [6.07, 6.45) is -0.302. The predicted octanol–water partition coefficient (Wildman–Crippen LogP) is 5.90. The fourth-order valence-corrected chi connectivity index (χ4v) is 4.58. The van der Waals surface area contributed by atoms with Crippen molar-refractivity contribution in [3.05, 3.63) is 83.6 Å². The number of aromatic nitrogens is 3. The Balaban J connectivity index is 1.36. The fraction of sp³-hybridized carbons (Fsp3) is 0.233. The molecule has 1 saturated heterocycles. The second kappa shape index (κ2) is 12.6. The molecule has 2 aromatic heterocycles. The average molecular weight is 607 g/mol. The van der Waals surface area contributed by atoms with Crippen molar-refractivity contribution < 1.29 is 27.5 Å². The summed E-state index contributed by atoms with van der Waals surface area (Å²) in [5.41, 5.74) is 1.04. The molecule has 3 heterocycles. The van der Waals surface area contributed by atoms with Gasteiger partial charge in [0, 0.05) is 48.1 Å². The van der Waals surface area contributed by atoms with Crippen molar-refractivity contribution in [2.45, 2.75) is 20.0 Å². The summed E-state index contributed by atoms with van der Waals surface area (Å²) in [6.45, 7) is 9.24. The smallest absolute Gasteiger partial charge is 0.378 e. The molecule has 4 aromatic rings. The summed E-state index contributed by atoms with van der Waals surface area (Å²) < 4.78 is 47.6. The number of nitrogens with one attached hydrogen (secondary N) is 3. The lowest BCUT2D eigenvalue weighted by atomic mass is 10.1. The van der Waals surface area contributed by atoms with Gasteiger partial charge in [-0.3, -0.25) is 14.4 Å². The molecule has 0 aliphatic carbocycles. The number of ether oxygens (including phenoxy) is 1. The highest BCUT2D eigenvalue weighted by atomic mass is 19.4. The predicted molar refractivity (Wildman–Crippen MR) is 162 cm³/mol. The SMILES string of the molecule is C=N/C(C)=C\Nc1cc(C(=O)Nc2ccc(C)c(NC(=O)n3ccc4c(N5CCOCC5)ncnc43)c2)cc(C(F)(F)F)c1. The topological polar surface area (TPSA) is 126 Å². The summed E-state index contributed by atoms with van der Waals surface area (Å²) in [7, 11) is 0. The number of anilines is 4. The first-order valence-corrected chi connectivity index (χ1v) is 13.5. The number of halogens is 3. The zero-order chi connectivity index (χ0) is 31.4. The Bertz CT molecular complexity index is 1760. The number of aryl methyl sites for hydroxylation is 1. The number of nitrogens with zero attached hydrogens (tertiary/aromatic N) is 5. The van der Waals surface area contributed by atoms with Crippen molar-refractivity contribution in [2.75, 3.05) is 47.2 Å². The van der Waals surface area contributed by atoms with Crippen molar-refractivity contribution in [3.8, 4) is 0 Å². The highest BCUT2D eigenvalue weighted by molar-refractivity contribution is 6.06. The van der Waals surface area contributed by atoms with Crippen molar-refractivity contribution in [2.24, 2.45) is 4.99 Å². The number of carbonyl (C=O) groups excluding carboxylic acids is 2. The summed E-state index contributed by atoms with van der Waals surface area (Å²) >= 11 is 0. The molecule has 14 heteroatoms. The van der Waals surface area contributed by atoms with E-state index in [1.807, 2.05) is 0 Å². The molecule has 44 heavy (non-hydrogen) atoms. The number of carbonyl (C=O) groups is 2. The van der Waals surface area contributed by atoms with Crippen LogP contribution in [0.15, 0.2) is 71.9 Å². The van der Waals surface area contributed by atoms with Crippen LogP contribution in [0.2, 0.25) is 0 Å². The van der Waals surface area contributed by atoms with Gasteiger partial charge < -0.3 is 25.6 Å². The number of amides is 2. The summed E-state index contributed by atoms with van der Waals surface area (Å²) in [6, 6.07) is 9.01. The first-order chi connectivity index (χ1) is 21.0. The summed E-state index contributed by atoms with van der Waals surface area (Å²) in [5.74, 6) is -0.0613. The number of aliphatic imine (C=N–C) groups is 1. The Morgan fingerprint density at radius 2 is 1.82 bits per heavy atom. The fourth-order valence-electron chi connectivity index (χ4n) is 4.58. The zero-order valence-electron chi connectivity index (χ0n) is 23.9. The van der Waals surface area contributed by atoms with Gasteiger partial charge in [0.2, 0.25) is 0 Å². The monoisotopic (exact) mass is 606 g/mol. The van der Waals surface area contributed by atoms with Gasteiger partial charge in [0.05, 0.1) is 29.9 Å². The van der Waals surface area contributed by atoms with E-state index in [-0.39, 0.29) is 16.9 Å². The largest absolute Gasteiger partial charge is 0.416 e. The Kier molecular flexibility index (Phi) is 8.62. The molecule has 2 amide bonds. The van der Waals surface area contributed by atoms with Crippen LogP contribution in [0.4, 0.5) is 40.8 Å². The number of hydrogen-bond acceptors (Lipinski definition) is 8. The number of rotatable bonds is 7. The molecular weight excluding hydrogens is 577 g/mol. The molecule has 0 radical (unpaired) electrons. The normalized spacial score (nSPS) is 13.9. The van der Waals surface area contributed by atoms with Crippen LogP contribution in [0.25, 0.3) is 11.0 Å². The van der Waals surface area contributed by atoms with Crippen molar-refractivity contribution >= 4 is 52.6 Å². The van der Waals surface area contributed by atoms with Crippen LogP contribution in [0, 0.1) is 6.92 Å². The molecule has 0 bridgehead atoms. The zero-order valence-corrected chi connectivity index (χ0v) is 23.9. The molecule has 1 aliphatic heterocycles. The Labute approximate surface area is 250 Å². The van der Waals surface area contributed by atoms with Gasteiger partial charge in [-0.1, -0.05) is 6.07 Å². The van der Waals surface area contributed by atoms with Gasteiger partial charge in [0.25, 0.3) is 5.91 Å². The molecule has 2 aromatic carbocycles. The van der Waals surface area contributed by atoms with Crippen LogP contribution < -0.4 is 20.9 Å². The second-order valence-corrected chi connectivity index (χ2v) is 10.0. The minimum Gasteiger partial charge on any atom is -0.378 e. The van der Waals surface area contributed by atoms with Gasteiger partial charge in [-0.25, -0.2) is 14.8 Å². The van der Waals surface area contributed by atoms with E-state index in [0.29, 0.717) is 60.1 Å². The highest BCUT2D eigenvalue weighted by Gasteiger charge is 2.32. The third kappa shape index (κ3) is 6.70. The Morgan fingerprint density at radius 1 is 1.05 bits per heavy atom. The van der Waals surface area contributed by atoms with Gasteiger partial charge in [0.15, 0.2) is 5.65 Å².